The van der Waals surface area contributed by atoms with E-state index in [1.807, 2.05) is 81.4 Å². The van der Waals surface area contributed by atoms with Crippen LogP contribution in [0.1, 0.15) is 68.4 Å². The van der Waals surface area contributed by atoms with Crippen molar-refractivity contribution in [2.45, 2.75) is 71.1 Å². The van der Waals surface area contributed by atoms with Crippen LogP contribution in [0.15, 0.2) is 97.1 Å². The predicted molar refractivity (Wildman–Crippen MR) is 173 cm³/mol. The second-order valence-electron chi connectivity index (χ2n) is 12.1. The number of carbonyl (C=O) groups is 1. The van der Waals surface area contributed by atoms with Crippen LogP contribution in [0.2, 0.25) is 0 Å². The Balaban J connectivity index is 1.33. The van der Waals surface area contributed by atoms with Gasteiger partial charge in [0.2, 0.25) is 0 Å². The molecule has 2 atom stereocenters. The maximum atomic E-state index is 12.2. The molecule has 0 radical (unpaired) electrons. The van der Waals surface area contributed by atoms with Gasteiger partial charge in [0.05, 0.1) is 6.61 Å². The Morgan fingerprint density at radius 2 is 1.66 bits per heavy atom. The van der Waals surface area contributed by atoms with Crippen molar-refractivity contribution in [3.05, 3.63) is 119 Å². The Morgan fingerprint density at radius 3 is 2.39 bits per heavy atom. The van der Waals surface area contributed by atoms with Crippen molar-refractivity contribution >= 4 is 11.8 Å². The van der Waals surface area contributed by atoms with Crippen molar-refractivity contribution in [1.82, 2.24) is 5.32 Å². The Bertz CT molecular complexity index is 1510. The third-order valence-corrected chi connectivity index (χ3v) is 7.37. The molecule has 0 bridgehead atoms. The summed E-state index contributed by atoms with van der Waals surface area (Å²) in [4.78, 5) is 12.2. The standard InChI is InChI=1S/C37H42N2O5/c1-37(2,3)44-36(41)39-25-27-10-9-13-30(22-27)35(40)32-23-31(43-34-14-7-8-21-42-34)19-20-33(32)38-24-26-15-17-29(18-16-26)28-11-5-4-6-12-28/h4-6,9-13,15-20,22-23,34-35,38,40H,7-8,14,21,24-25H2,1-3H3,(H,39,41). The summed E-state index contributed by atoms with van der Waals surface area (Å²) >= 11 is 0. The van der Waals surface area contributed by atoms with Gasteiger partial charge >= 0.3 is 6.09 Å². The number of ether oxygens (including phenoxy) is 3. The Hall–Kier alpha value is -4.33. The van der Waals surface area contributed by atoms with Gasteiger partial charge in [-0.05, 0) is 79.6 Å². The molecule has 1 heterocycles. The molecule has 7 nitrogen and oxygen atoms in total. The first kappa shape index (κ1) is 31.1. The van der Waals surface area contributed by atoms with Gasteiger partial charge in [0.1, 0.15) is 17.5 Å². The SMILES string of the molecule is CC(C)(C)OC(=O)NCc1cccc(C(O)c2cc(OC3CCCCO3)ccc2NCc2ccc(-c3ccccc3)cc2)c1. The molecule has 0 aromatic heterocycles. The van der Waals surface area contributed by atoms with Crippen LogP contribution in [0.4, 0.5) is 10.5 Å². The van der Waals surface area contributed by atoms with Gasteiger partial charge in [0.25, 0.3) is 0 Å². The molecule has 3 N–H and O–H groups in total. The van der Waals surface area contributed by atoms with Crippen molar-refractivity contribution in [2.24, 2.45) is 0 Å². The molecule has 2 unspecified atom stereocenters. The lowest BCUT2D eigenvalue weighted by atomic mass is 9.97. The van der Waals surface area contributed by atoms with Crippen LogP contribution >= 0.6 is 0 Å². The van der Waals surface area contributed by atoms with Crippen LogP contribution in [0.25, 0.3) is 11.1 Å². The van der Waals surface area contributed by atoms with E-state index in [0.717, 1.165) is 41.6 Å². The number of alkyl carbamates (subject to hydrolysis) is 1. The molecular formula is C37H42N2O5. The van der Waals surface area contributed by atoms with Crippen molar-refractivity contribution in [3.8, 4) is 16.9 Å². The summed E-state index contributed by atoms with van der Waals surface area (Å²) in [6.45, 7) is 7.03. The summed E-state index contributed by atoms with van der Waals surface area (Å²) in [6.07, 6.45) is 1.23. The molecule has 0 saturated carbocycles. The van der Waals surface area contributed by atoms with Gasteiger partial charge in [-0.3, -0.25) is 0 Å². The average molecular weight is 595 g/mol. The number of carbonyl (C=O) groups excluding carboxylic acids is 1. The zero-order valence-electron chi connectivity index (χ0n) is 25.7. The fourth-order valence-corrected chi connectivity index (χ4v) is 5.14. The zero-order chi connectivity index (χ0) is 30.9. The van der Waals surface area contributed by atoms with Crippen LogP contribution in [0, 0.1) is 0 Å². The van der Waals surface area contributed by atoms with Crippen LogP contribution in [-0.4, -0.2) is 29.7 Å². The summed E-state index contributed by atoms with van der Waals surface area (Å²) in [5.74, 6) is 0.645. The first-order valence-corrected chi connectivity index (χ1v) is 15.3. The highest BCUT2D eigenvalue weighted by molar-refractivity contribution is 5.67. The van der Waals surface area contributed by atoms with Crippen LogP contribution in [0.5, 0.6) is 5.75 Å². The zero-order valence-corrected chi connectivity index (χ0v) is 25.7. The van der Waals surface area contributed by atoms with E-state index in [1.165, 1.54) is 5.56 Å². The molecule has 1 aliphatic rings. The predicted octanol–water partition coefficient (Wildman–Crippen LogP) is 7.98. The van der Waals surface area contributed by atoms with Gasteiger partial charge in [0, 0.05) is 30.8 Å². The van der Waals surface area contributed by atoms with E-state index in [1.54, 1.807) is 0 Å². The molecule has 5 rings (SSSR count). The lowest BCUT2D eigenvalue weighted by Gasteiger charge is -2.25. The number of aliphatic hydroxyl groups is 1. The molecule has 44 heavy (non-hydrogen) atoms. The highest BCUT2D eigenvalue weighted by Crippen LogP contribution is 2.34. The molecule has 0 aliphatic carbocycles. The number of benzene rings is 4. The number of amides is 1. The van der Waals surface area contributed by atoms with Gasteiger partial charge in [0.15, 0.2) is 6.29 Å². The molecule has 7 heteroatoms. The minimum atomic E-state index is -0.935. The van der Waals surface area contributed by atoms with Crippen molar-refractivity contribution in [3.63, 3.8) is 0 Å². The van der Waals surface area contributed by atoms with E-state index in [4.69, 9.17) is 14.2 Å². The molecule has 4 aromatic carbocycles. The normalized spacial score (nSPS) is 15.7. The molecule has 1 aliphatic heterocycles. The molecule has 1 amide bonds. The summed E-state index contributed by atoms with van der Waals surface area (Å²) in [5.41, 5.74) is 5.94. The van der Waals surface area contributed by atoms with Crippen LogP contribution < -0.4 is 15.4 Å². The number of rotatable bonds is 10. The van der Waals surface area contributed by atoms with E-state index in [9.17, 15) is 9.90 Å². The Kier molecular flexibility index (Phi) is 10.2. The number of hydrogen-bond donors (Lipinski definition) is 3. The molecule has 1 fully saturated rings. The maximum absolute atomic E-state index is 12.2. The van der Waals surface area contributed by atoms with Crippen molar-refractivity contribution in [2.75, 3.05) is 11.9 Å². The van der Waals surface area contributed by atoms with E-state index in [0.29, 0.717) is 30.0 Å². The number of aliphatic hydroxyl groups excluding tert-OH is 1. The fraction of sp³-hybridized carbons (Fsp3) is 0.324. The van der Waals surface area contributed by atoms with E-state index in [-0.39, 0.29) is 12.8 Å². The largest absolute Gasteiger partial charge is 0.465 e. The van der Waals surface area contributed by atoms with Gasteiger partial charge in [-0.1, -0.05) is 78.9 Å². The molecular weight excluding hydrogens is 552 g/mol. The molecule has 230 valence electrons. The Morgan fingerprint density at radius 1 is 0.886 bits per heavy atom. The smallest absolute Gasteiger partial charge is 0.407 e. The molecule has 0 spiro atoms. The number of hydrogen-bond acceptors (Lipinski definition) is 6. The lowest BCUT2D eigenvalue weighted by Crippen LogP contribution is -2.32. The fourth-order valence-electron chi connectivity index (χ4n) is 5.14. The third-order valence-electron chi connectivity index (χ3n) is 7.37. The number of nitrogens with one attached hydrogen (secondary N) is 2. The highest BCUT2D eigenvalue weighted by atomic mass is 16.7. The second-order valence-corrected chi connectivity index (χ2v) is 12.1. The first-order chi connectivity index (χ1) is 21.2. The maximum Gasteiger partial charge on any atom is 0.407 e. The summed E-state index contributed by atoms with van der Waals surface area (Å²) in [6, 6.07) is 32.1. The second kappa shape index (κ2) is 14.4. The van der Waals surface area contributed by atoms with Gasteiger partial charge in [-0.15, -0.1) is 0 Å². The van der Waals surface area contributed by atoms with Crippen LogP contribution in [-0.2, 0) is 22.6 Å². The quantitative estimate of drug-likeness (QED) is 0.173. The van der Waals surface area contributed by atoms with Gasteiger partial charge in [-0.25, -0.2) is 4.79 Å². The minimum absolute atomic E-state index is 0.279. The molecule has 4 aromatic rings. The topological polar surface area (TPSA) is 89.1 Å². The summed E-state index contributed by atoms with van der Waals surface area (Å²) < 4.78 is 17.3. The van der Waals surface area contributed by atoms with Crippen molar-refractivity contribution in [1.29, 1.82) is 0 Å². The lowest BCUT2D eigenvalue weighted by molar-refractivity contribution is -0.105. The van der Waals surface area contributed by atoms with E-state index >= 15 is 0 Å². The van der Waals surface area contributed by atoms with E-state index < -0.39 is 17.8 Å². The van der Waals surface area contributed by atoms with Crippen LogP contribution in [0.3, 0.4) is 0 Å². The van der Waals surface area contributed by atoms with Crippen molar-refractivity contribution < 1.29 is 24.1 Å². The Labute approximate surface area is 260 Å². The van der Waals surface area contributed by atoms with Gasteiger partial charge in [-0.2, -0.15) is 0 Å². The average Bonchev–Trinajstić information content (AvgIpc) is 3.03. The summed E-state index contributed by atoms with van der Waals surface area (Å²) in [7, 11) is 0. The third kappa shape index (κ3) is 8.85. The summed E-state index contributed by atoms with van der Waals surface area (Å²) in [5, 5.41) is 18.0. The molecule has 1 saturated heterocycles. The monoisotopic (exact) mass is 594 g/mol. The van der Waals surface area contributed by atoms with Gasteiger partial charge < -0.3 is 30.0 Å². The first-order valence-electron chi connectivity index (χ1n) is 15.3. The highest BCUT2D eigenvalue weighted by Gasteiger charge is 2.20. The van der Waals surface area contributed by atoms with E-state index in [2.05, 4.69) is 47.0 Å². The minimum Gasteiger partial charge on any atom is -0.465 e. The number of anilines is 1.